The van der Waals surface area contributed by atoms with E-state index in [1.54, 1.807) is 12.1 Å². The van der Waals surface area contributed by atoms with Crippen LogP contribution in [0.2, 0.25) is 5.02 Å². The standard InChI is InChI=1S/C12H17ClN2O2S/c1-9-3-4-11(7-12(9)13)18(16,17)14-10-5-6-15(2)8-10/h3-4,7,10,14H,5-6,8H2,1-2H3. The van der Waals surface area contributed by atoms with Gasteiger partial charge < -0.3 is 4.90 Å². The second-order valence-electron chi connectivity index (χ2n) is 4.78. The highest BCUT2D eigenvalue weighted by Gasteiger charge is 2.25. The summed E-state index contributed by atoms with van der Waals surface area (Å²) in [7, 11) is -1.48. The van der Waals surface area contributed by atoms with Gasteiger partial charge in [0.05, 0.1) is 4.90 Å². The minimum absolute atomic E-state index is 0.0138. The van der Waals surface area contributed by atoms with Gasteiger partial charge in [-0.05, 0) is 44.6 Å². The van der Waals surface area contributed by atoms with Crippen molar-refractivity contribution in [2.45, 2.75) is 24.3 Å². The van der Waals surface area contributed by atoms with Crippen LogP contribution in [-0.2, 0) is 10.0 Å². The van der Waals surface area contributed by atoms with Crippen molar-refractivity contribution in [1.29, 1.82) is 0 Å². The van der Waals surface area contributed by atoms with Crippen LogP contribution in [0.1, 0.15) is 12.0 Å². The van der Waals surface area contributed by atoms with Gasteiger partial charge >= 0.3 is 0 Å². The van der Waals surface area contributed by atoms with Gasteiger partial charge in [0, 0.05) is 17.6 Å². The molecule has 1 aromatic carbocycles. The summed E-state index contributed by atoms with van der Waals surface area (Å²) in [6.45, 7) is 3.51. The molecule has 0 spiro atoms. The first-order chi connectivity index (χ1) is 8.38. The fraction of sp³-hybridized carbons (Fsp3) is 0.500. The first-order valence-electron chi connectivity index (χ1n) is 5.85. The number of aryl methyl sites for hydroxylation is 1. The maximum atomic E-state index is 12.2. The number of benzene rings is 1. The van der Waals surface area contributed by atoms with E-state index in [-0.39, 0.29) is 10.9 Å². The normalized spacial score (nSPS) is 21.4. The Labute approximate surface area is 113 Å². The van der Waals surface area contributed by atoms with Crippen LogP contribution in [0, 0.1) is 6.92 Å². The van der Waals surface area contributed by atoms with Gasteiger partial charge in [-0.15, -0.1) is 0 Å². The lowest BCUT2D eigenvalue weighted by molar-refractivity contribution is 0.407. The van der Waals surface area contributed by atoms with Crippen LogP contribution in [0.4, 0.5) is 0 Å². The van der Waals surface area contributed by atoms with E-state index in [0.717, 1.165) is 25.1 Å². The van der Waals surface area contributed by atoms with Gasteiger partial charge in [0.15, 0.2) is 0 Å². The second-order valence-corrected chi connectivity index (χ2v) is 6.90. The van der Waals surface area contributed by atoms with E-state index in [0.29, 0.717) is 5.02 Å². The molecule has 100 valence electrons. The van der Waals surface area contributed by atoms with Crippen molar-refractivity contribution >= 4 is 21.6 Å². The third-order valence-electron chi connectivity index (χ3n) is 3.17. The molecule has 1 aliphatic rings. The molecule has 0 bridgehead atoms. The van der Waals surface area contributed by atoms with E-state index in [1.807, 2.05) is 14.0 Å². The van der Waals surface area contributed by atoms with Crippen molar-refractivity contribution in [3.05, 3.63) is 28.8 Å². The Hall–Kier alpha value is -0.620. The molecular formula is C12H17ClN2O2S. The maximum Gasteiger partial charge on any atom is 0.240 e. The number of likely N-dealkylation sites (N-methyl/N-ethyl adjacent to an activating group) is 1. The van der Waals surface area contributed by atoms with Crippen molar-refractivity contribution in [2.75, 3.05) is 20.1 Å². The molecule has 6 heteroatoms. The van der Waals surface area contributed by atoms with E-state index in [9.17, 15) is 8.42 Å². The second kappa shape index (κ2) is 5.17. The first kappa shape index (κ1) is 13.8. The van der Waals surface area contributed by atoms with Gasteiger partial charge in [-0.1, -0.05) is 17.7 Å². The van der Waals surface area contributed by atoms with Crippen LogP contribution in [-0.4, -0.2) is 39.5 Å². The molecule has 0 radical (unpaired) electrons. The zero-order valence-electron chi connectivity index (χ0n) is 10.5. The number of rotatable bonds is 3. The van der Waals surface area contributed by atoms with Crippen LogP contribution < -0.4 is 4.72 Å². The predicted octanol–water partition coefficient (Wildman–Crippen LogP) is 1.63. The lowest BCUT2D eigenvalue weighted by Gasteiger charge is -2.13. The highest BCUT2D eigenvalue weighted by molar-refractivity contribution is 7.89. The van der Waals surface area contributed by atoms with Gasteiger partial charge in [-0.25, -0.2) is 13.1 Å². The summed E-state index contributed by atoms with van der Waals surface area (Å²) >= 11 is 5.96. The summed E-state index contributed by atoms with van der Waals surface area (Å²) in [5.74, 6) is 0. The monoisotopic (exact) mass is 288 g/mol. The average molecular weight is 289 g/mol. The Morgan fingerprint density at radius 1 is 1.44 bits per heavy atom. The molecule has 4 nitrogen and oxygen atoms in total. The first-order valence-corrected chi connectivity index (χ1v) is 7.71. The van der Waals surface area contributed by atoms with Gasteiger partial charge in [0.2, 0.25) is 10.0 Å². The molecule has 1 saturated heterocycles. The molecule has 1 fully saturated rings. The quantitative estimate of drug-likeness (QED) is 0.920. The Morgan fingerprint density at radius 2 is 2.17 bits per heavy atom. The summed E-state index contributed by atoms with van der Waals surface area (Å²) in [4.78, 5) is 2.34. The van der Waals surface area contributed by atoms with Gasteiger partial charge in [-0.2, -0.15) is 0 Å². The Morgan fingerprint density at radius 3 is 2.72 bits per heavy atom. The van der Waals surface area contributed by atoms with Crippen LogP contribution >= 0.6 is 11.6 Å². The lowest BCUT2D eigenvalue weighted by atomic mass is 10.2. The molecule has 1 unspecified atom stereocenters. The third-order valence-corrected chi connectivity index (χ3v) is 5.09. The van der Waals surface area contributed by atoms with Gasteiger partial charge in [-0.3, -0.25) is 0 Å². The zero-order chi connectivity index (χ0) is 13.3. The molecule has 0 saturated carbocycles. The summed E-state index contributed by atoms with van der Waals surface area (Å²) in [6, 6.07) is 4.79. The molecule has 2 rings (SSSR count). The van der Waals surface area contributed by atoms with Crippen LogP contribution in [0.15, 0.2) is 23.1 Å². The largest absolute Gasteiger partial charge is 0.305 e. The van der Waals surface area contributed by atoms with Crippen LogP contribution in [0.5, 0.6) is 0 Å². The fourth-order valence-electron chi connectivity index (χ4n) is 2.06. The number of likely N-dealkylation sites (tertiary alicyclic amines) is 1. The smallest absolute Gasteiger partial charge is 0.240 e. The molecule has 1 atom stereocenters. The summed E-state index contributed by atoms with van der Waals surface area (Å²) < 4.78 is 27.1. The average Bonchev–Trinajstić information content (AvgIpc) is 2.67. The number of nitrogens with zero attached hydrogens (tertiary/aromatic N) is 1. The van der Waals surface area contributed by atoms with Crippen molar-refractivity contribution in [3.8, 4) is 0 Å². The Kier molecular flexibility index (Phi) is 3.96. The van der Waals surface area contributed by atoms with Crippen molar-refractivity contribution in [1.82, 2.24) is 9.62 Å². The fourth-order valence-corrected chi connectivity index (χ4v) is 3.59. The number of hydrogen-bond acceptors (Lipinski definition) is 3. The molecule has 0 amide bonds. The molecule has 1 aromatic rings. The Balaban J connectivity index is 2.17. The molecule has 18 heavy (non-hydrogen) atoms. The molecule has 1 N–H and O–H groups in total. The highest BCUT2D eigenvalue weighted by Crippen LogP contribution is 2.20. The van der Waals surface area contributed by atoms with E-state index in [2.05, 4.69) is 9.62 Å². The molecular weight excluding hydrogens is 272 g/mol. The number of halogens is 1. The zero-order valence-corrected chi connectivity index (χ0v) is 12.1. The summed E-state index contributed by atoms with van der Waals surface area (Å²) in [6.07, 6.45) is 0.843. The SMILES string of the molecule is Cc1ccc(S(=O)(=O)NC2CCN(C)C2)cc1Cl. The molecule has 1 heterocycles. The van der Waals surface area contributed by atoms with Crippen molar-refractivity contribution < 1.29 is 8.42 Å². The maximum absolute atomic E-state index is 12.2. The Bertz CT molecular complexity index is 545. The molecule has 0 aliphatic carbocycles. The minimum Gasteiger partial charge on any atom is -0.305 e. The van der Waals surface area contributed by atoms with E-state index >= 15 is 0 Å². The number of nitrogens with one attached hydrogen (secondary N) is 1. The van der Waals surface area contributed by atoms with Crippen LogP contribution in [0.3, 0.4) is 0 Å². The number of sulfonamides is 1. The molecule has 1 aliphatic heterocycles. The van der Waals surface area contributed by atoms with Gasteiger partial charge in [0.25, 0.3) is 0 Å². The topological polar surface area (TPSA) is 49.4 Å². The molecule has 0 aromatic heterocycles. The summed E-state index contributed by atoms with van der Waals surface area (Å²) in [5, 5.41) is 0.474. The minimum atomic E-state index is -3.47. The lowest BCUT2D eigenvalue weighted by Crippen LogP contribution is -2.36. The van der Waals surface area contributed by atoms with Crippen molar-refractivity contribution in [3.63, 3.8) is 0 Å². The highest BCUT2D eigenvalue weighted by atomic mass is 35.5. The van der Waals surface area contributed by atoms with Gasteiger partial charge in [0.1, 0.15) is 0 Å². The van der Waals surface area contributed by atoms with Crippen molar-refractivity contribution in [2.24, 2.45) is 0 Å². The van der Waals surface area contributed by atoms with E-state index in [4.69, 9.17) is 11.6 Å². The van der Waals surface area contributed by atoms with Crippen LogP contribution in [0.25, 0.3) is 0 Å². The van der Waals surface area contributed by atoms with E-state index in [1.165, 1.54) is 6.07 Å². The number of hydrogen-bond donors (Lipinski definition) is 1. The summed E-state index contributed by atoms with van der Waals surface area (Å²) in [5.41, 5.74) is 0.871. The predicted molar refractivity (Wildman–Crippen MR) is 72.4 cm³/mol. The van der Waals surface area contributed by atoms with E-state index < -0.39 is 10.0 Å². The third kappa shape index (κ3) is 3.03.